The molecular formula is C18H39ClNO+. The van der Waals surface area contributed by atoms with E-state index in [9.17, 15) is 5.11 Å². The zero-order valence-electron chi connectivity index (χ0n) is 14.7. The van der Waals surface area contributed by atoms with Crippen LogP contribution >= 0.6 is 11.6 Å². The van der Waals surface area contributed by atoms with Crippen LogP contribution in [0.5, 0.6) is 0 Å². The lowest BCUT2D eigenvalue weighted by Crippen LogP contribution is -2.46. The molecule has 0 saturated heterocycles. The third-order valence-corrected chi connectivity index (χ3v) is 4.61. The van der Waals surface area contributed by atoms with Crippen LogP contribution < -0.4 is 0 Å². The van der Waals surface area contributed by atoms with Gasteiger partial charge in [-0.25, -0.2) is 0 Å². The third kappa shape index (κ3) is 14.9. The van der Waals surface area contributed by atoms with E-state index in [0.29, 0.717) is 5.88 Å². The summed E-state index contributed by atoms with van der Waals surface area (Å²) in [4.78, 5) is 0. The first-order valence-electron chi connectivity index (χ1n) is 9.08. The molecule has 0 aliphatic heterocycles. The summed E-state index contributed by atoms with van der Waals surface area (Å²) in [6, 6.07) is 0. The van der Waals surface area contributed by atoms with Crippen molar-refractivity contribution in [3.63, 3.8) is 0 Å². The Labute approximate surface area is 138 Å². The minimum atomic E-state index is -0.366. The summed E-state index contributed by atoms with van der Waals surface area (Å²) in [7, 11) is 4.37. The third-order valence-electron chi connectivity index (χ3n) is 4.25. The fraction of sp³-hybridized carbons (Fsp3) is 1.00. The molecular weight excluding hydrogens is 282 g/mol. The number of nitrogens with zero attached hydrogens (tertiary/aromatic N) is 1. The number of hydrogen-bond donors (Lipinski definition) is 1. The first-order valence-corrected chi connectivity index (χ1v) is 9.61. The van der Waals surface area contributed by atoms with Crippen LogP contribution in [0.1, 0.15) is 77.6 Å². The zero-order valence-corrected chi connectivity index (χ0v) is 15.5. The lowest BCUT2D eigenvalue weighted by Gasteiger charge is -2.31. The molecule has 0 bridgehead atoms. The van der Waals surface area contributed by atoms with Crippen molar-refractivity contribution in [1.29, 1.82) is 0 Å². The largest absolute Gasteiger partial charge is 0.386 e. The highest BCUT2D eigenvalue weighted by atomic mass is 35.5. The quantitative estimate of drug-likeness (QED) is 0.256. The molecule has 2 nitrogen and oxygen atoms in total. The van der Waals surface area contributed by atoms with Crippen LogP contribution in [0.15, 0.2) is 0 Å². The Hall–Kier alpha value is 0.210. The van der Waals surface area contributed by atoms with Crippen molar-refractivity contribution in [3.8, 4) is 0 Å². The number of halogens is 1. The van der Waals surface area contributed by atoms with Gasteiger partial charge in [-0.2, -0.15) is 0 Å². The Morgan fingerprint density at radius 1 is 0.810 bits per heavy atom. The Morgan fingerprint density at radius 3 is 1.67 bits per heavy atom. The first kappa shape index (κ1) is 21.2. The molecule has 0 radical (unpaired) electrons. The van der Waals surface area contributed by atoms with Gasteiger partial charge in [-0.1, -0.05) is 64.7 Å². The molecule has 128 valence electrons. The van der Waals surface area contributed by atoms with Gasteiger partial charge < -0.3 is 9.59 Å². The van der Waals surface area contributed by atoms with Crippen molar-refractivity contribution in [2.24, 2.45) is 0 Å². The Bertz CT molecular complexity index is 221. The van der Waals surface area contributed by atoms with Crippen molar-refractivity contribution in [1.82, 2.24) is 0 Å². The number of unbranched alkanes of at least 4 members (excludes halogenated alkanes) is 10. The van der Waals surface area contributed by atoms with E-state index in [0.717, 1.165) is 17.6 Å². The fourth-order valence-electron chi connectivity index (χ4n) is 2.91. The molecule has 0 aromatic rings. The number of hydrogen-bond acceptors (Lipinski definition) is 1. The maximum absolute atomic E-state index is 9.62. The molecule has 1 atom stereocenters. The molecule has 0 aromatic heterocycles. The molecule has 3 heteroatoms. The SMILES string of the molecule is CCCCCCCCCCCCC[N+](C)(C)CC(O)CCl. The van der Waals surface area contributed by atoms with Gasteiger partial charge >= 0.3 is 0 Å². The minimum absolute atomic E-state index is 0.347. The Kier molecular flexibility index (Phi) is 14.0. The van der Waals surface area contributed by atoms with Gasteiger partial charge in [-0.3, -0.25) is 0 Å². The predicted octanol–water partition coefficient (Wildman–Crippen LogP) is 4.97. The molecule has 21 heavy (non-hydrogen) atoms. The van der Waals surface area contributed by atoms with Gasteiger partial charge in [-0.15, -0.1) is 11.6 Å². The Balaban J connectivity index is 3.31. The summed E-state index contributed by atoms with van der Waals surface area (Å²) in [5.41, 5.74) is 0. The van der Waals surface area contributed by atoms with Crippen molar-refractivity contribution in [3.05, 3.63) is 0 Å². The van der Waals surface area contributed by atoms with E-state index >= 15 is 0 Å². The van der Waals surface area contributed by atoms with Gasteiger partial charge in [0.15, 0.2) is 0 Å². The first-order chi connectivity index (χ1) is 10.0. The highest BCUT2D eigenvalue weighted by Crippen LogP contribution is 2.12. The summed E-state index contributed by atoms with van der Waals surface area (Å²) in [6.45, 7) is 4.18. The van der Waals surface area contributed by atoms with E-state index in [4.69, 9.17) is 11.6 Å². The van der Waals surface area contributed by atoms with Crippen LogP contribution in [0, 0.1) is 0 Å². The average molecular weight is 321 g/mol. The summed E-state index contributed by atoms with van der Waals surface area (Å²) < 4.78 is 0.880. The van der Waals surface area contributed by atoms with Crippen molar-refractivity contribution in [2.45, 2.75) is 83.7 Å². The maximum atomic E-state index is 9.62. The molecule has 0 aromatic carbocycles. The lowest BCUT2D eigenvalue weighted by molar-refractivity contribution is -0.893. The molecule has 0 heterocycles. The molecule has 0 rings (SSSR count). The standard InChI is InChI=1S/C18H39ClNO/c1-4-5-6-7-8-9-10-11-12-13-14-15-20(2,3)17-18(21)16-19/h18,21H,4-17H2,1-3H3/q+1. The normalized spacial score (nSPS) is 13.6. The molecule has 0 saturated carbocycles. The number of likely N-dealkylation sites (N-methyl/N-ethyl adjacent to an activating group) is 1. The highest BCUT2D eigenvalue weighted by molar-refractivity contribution is 6.18. The van der Waals surface area contributed by atoms with Crippen LogP contribution in [0.4, 0.5) is 0 Å². The second kappa shape index (κ2) is 13.8. The number of rotatable bonds is 15. The smallest absolute Gasteiger partial charge is 0.116 e. The second-order valence-electron chi connectivity index (χ2n) is 7.19. The molecule has 1 unspecified atom stereocenters. The van der Waals surface area contributed by atoms with Gasteiger partial charge in [-0.05, 0) is 12.8 Å². The van der Waals surface area contributed by atoms with Crippen molar-refractivity contribution in [2.75, 3.05) is 33.1 Å². The van der Waals surface area contributed by atoms with Crippen molar-refractivity contribution >= 4 is 11.6 Å². The number of alkyl halides is 1. The maximum Gasteiger partial charge on any atom is 0.116 e. The monoisotopic (exact) mass is 320 g/mol. The molecule has 0 spiro atoms. The van der Waals surface area contributed by atoms with E-state index < -0.39 is 0 Å². The number of aliphatic hydroxyl groups excluding tert-OH is 1. The van der Waals surface area contributed by atoms with Crippen LogP contribution in [0.25, 0.3) is 0 Å². The minimum Gasteiger partial charge on any atom is -0.386 e. The van der Waals surface area contributed by atoms with Crippen molar-refractivity contribution < 1.29 is 9.59 Å². The van der Waals surface area contributed by atoms with E-state index in [1.165, 1.54) is 70.6 Å². The number of quaternary nitrogens is 1. The summed E-state index contributed by atoms with van der Waals surface area (Å²) in [5, 5.41) is 9.62. The fourth-order valence-corrected chi connectivity index (χ4v) is 3.01. The molecule has 1 N–H and O–H groups in total. The molecule has 0 amide bonds. The van der Waals surface area contributed by atoms with E-state index in [2.05, 4.69) is 21.0 Å². The van der Waals surface area contributed by atoms with Crippen LogP contribution in [-0.2, 0) is 0 Å². The van der Waals surface area contributed by atoms with E-state index in [1.54, 1.807) is 0 Å². The zero-order chi connectivity index (χ0) is 16.0. The second-order valence-corrected chi connectivity index (χ2v) is 7.49. The molecule has 0 fully saturated rings. The predicted molar refractivity (Wildman–Crippen MR) is 95.0 cm³/mol. The van der Waals surface area contributed by atoms with Gasteiger partial charge in [0.1, 0.15) is 12.6 Å². The van der Waals surface area contributed by atoms with Crippen LogP contribution in [-0.4, -0.2) is 48.8 Å². The molecule has 0 aliphatic rings. The summed E-state index contributed by atoms with van der Waals surface area (Å²) in [5.74, 6) is 0.347. The number of aliphatic hydroxyl groups is 1. The van der Waals surface area contributed by atoms with Gasteiger partial charge in [0.05, 0.1) is 26.5 Å². The Morgan fingerprint density at radius 2 is 1.24 bits per heavy atom. The summed E-state index contributed by atoms with van der Waals surface area (Å²) >= 11 is 5.67. The van der Waals surface area contributed by atoms with Gasteiger partial charge in [0.25, 0.3) is 0 Å². The average Bonchev–Trinajstić information content (AvgIpc) is 2.44. The lowest BCUT2D eigenvalue weighted by atomic mass is 10.1. The van der Waals surface area contributed by atoms with Crippen LogP contribution in [0.2, 0.25) is 0 Å². The van der Waals surface area contributed by atoms with Crippen LogP contribution in [0.3, 0.4) is 0 Å². The van der Waals surface area contributed by atoms with Gasteiger partial charge in [0.2, 0.25) is 0 Å². The van der Waals surface area contributed by atoms with E-state index in [1.807, 2.05) is 0 Å². The summed E-state index contributed by atoms with van der Waals surface area (Å²) in [6.07, 6.45) is 14.9. The topological polar surface area (TPSA) is 20.2 Å². The van der Waals surface area contributed by atoms with Gasteiger partial charge in [0, 0.05) is 0 Å². The van der Waals surface area contributed by atoms with E-state index in [-0.39, 0.29) is 6.10 Å². The molecule has 0 aliphatic carbocycles. The highest BCUT2D eigenvalue weighted by Gasteiger charge is 2.19.